The average molecular weight is 189 g/mol. The summed E-state index contributed by atoms with van der Waals surface area (Å²) in [6, 6.07) is 1.47. The fraction of sp³-hybridized carbons (Fsp3) is 1.00. The van der Waals surface area contributed by atoms with E-state index >= 15 is 0 Å². The fourth-order valence-electron chi connectivity index (χ4n) is 1.34. The molecule has 0 bridgehead atoms. The van der Waals surface area contributed by atoms with Crippen molar-refractivity contribution in [3.05, 3.63) is 0 Å². The van der Waals surface area contributed by atoms with Gasteiger partial charge in [-0.1, -0.05) is 27.7 Å². The molecule has 1 heterocycles. The van der Waals surface area contributed by atoms with Crippen molar-refractivity contribution in [1.29, 1.82) is 0 Å². The van der Waals surface area contributed by atoms with E-state index in [2.05, 4.69) is 30.9 Å². The second-order valence-electron chi connectivity index (χ2n) is 3.21. The van der Waals surface area contributed by atoms with Gasteiger partial charge in [0, 0.05) is 12.1 Å². The van der Waals surface area contributed by atoms with Gasteiger partial charge in [-0.15, -0.1) is 0 Å². The van der Waals surface area contributed by atoms with Gasteiger partial charge in [0.25, 0.3) is 0 Å². The van der Waals surface area contributed by atoms with Crippen molar-refractivity contribution < 1.29 is 0 Å². The third-order valence-electron chi connectivity index (χ3n) is 1.79. The van der Waals surface area contributed by atoms with Crippen molar-refractivity contribution in [2.45, 2.75) is 52.6 Å². The molecule has 0 aromatic heterocycles. The number of hydrogen-bond acceptors (Lipinski definition) is 2. The van der Waals surface area contributed by atoms with Crippen LogP contribution < -0.4 is 5.32 Å². The highest BCUT2D eigenvalue weighted by Gasteiger charge is 2.13. The van der Waals surface area contributed by atoms with Gasteiger partial charge in [-0.05, 0) is 24.3 Å². The Morgan fingerprint density at radius 1 is 1.17 bits per heavy atom. The summed E-state index contributed by atoms with van der Waals surface area (Å²) in [5.41, 5.74) is 0. The van der Waals surface area contributed by atoms with Crippen LogP contribution in [0.2, 0.25) is 0 Å². The Kier molecular flexibility index (Phi) is 8.14. The molecule has 0 spiro atoms. The van der Waals surface area contributed by atoms with E-state index in [1.54, 1.807) is 0 Å². The zero-order valence-corrected chi connectivity index (χ0v) is 9.71. The molecule has 0 amide bonds. The quantitative estimate of drug-likeness (QED) is 0.717. The van der Waals surface area contributed by atoms with Gasteiger partial charge in [-0.3, -0.25) is 0 Å². The van der Waals surface area contributed by atoms with Gasteiger partial charge in [-0.25, -0.2) is 0 Å². The van der Waals surface area contributed by atoms with Gasteiger partial charge in [-0.2, -0.15) is 11.8 Å². The average Bonchev–Trinajstić information content (AvgIpc) is 2.08. The fourth-order valence-corrected chi connectivity index (χ4v) is 2.44. The molecular weight excluding hydrogens is 166 g/mol. The van der Waals surface area contributed by atoms with Crippen LogP contribution in [0.25, 0.3) is 0 Å². The monoisotopic (exact) mass is 189 g/mol. The third-order valence-corrected chi connectivity index (χ3v) is 2.84. The highest BCUT2D eigenvalue weighted by atomic mass is 32.2. The van der Waals surface area contributed by atoms with Crippen LogP contribution in [0.4, 0.5) is 0 Å². The van der Waals surface area contributed by atoms with Crippen molar-refractivity contribution in [3.63, 3.8) is 0 Å². The summed E-state index contributed by atoms with van der Waals surface area (Å²) >= 11 is 2.09. The Labute approximate surface area is 81.7 Å². The molecule has 0 saturated carbocycles. The molecule has 1 fully saturated rings. The highest BCUT2D eigenvalue weighted by Crippen LogP contribution is 2.16. The largest absolute Gasteiger partial charge is 0.312 e. The van der Waals surface area contributed by atoms with E-state index in [4.69, 9.17) is 0 Å². The molecule has 0 unspecified atom stereocenters. The Balaban J connectivity index is 0.000000561. The minimum atomic E-state index is 0.660. The summed E-state index contributed by atoms with van der Waals surface area (Å²) in [4.78, 5) is 0. The van der Waals surface area contributed by atoms with Crippen LogP contribution in [0.15, 0.2) is 0 Å². The van der Waals surface area contributed by atoms with Gasteiger partial charge >= 0.3 is 0 Å². The first-order chi connectivity index (χ1) is 5.79. The molecule has 1 N–H and O–H groups in total. The van der Waals surface area contributed by atoms with Crippen molar-refractivity contribution in [1.82, 2.24) is 5.32 Å². The molecule has 0 aliphatic carbocycles. The number of nitrogens with one attached hydrogen (secondary N) is 1. The predicted molar refractivity (Wildman–Crippen MR) is 60.0 cm³/mol. The maximum absolute atomic E-state index is 3.57. The molecule has 2 heteroatoms. The van der Waals surface area contributed by atoms with Crippen LogP contribution in [0.5, 0.6) is 0 Å². The molecule has 0 aromatic rings. The van der Waals surface area contributed by atoms with Gasteiger partial charge in [0.05, 0.1) is 0 Å². The summed E-state index contributed by atoms with van der Waals surface area (Å²) in [5, 5.41) is 3.57. The minimum absolute atomic E-state index is 0.660. The van der Waals surface area contributed by atoms with Crippen molar-refractivity contribution in [2.24, 2.45) is 0 Å². The lowest BCUT2D eigenvalue weighted by Crippen LogP contribution is -2.37. The summed E-state index contributed by atoms with van der Waals surface area (Å²) < 4.78 is 0. The lowest BCUT2D eigenvalue weighted by molar-refractivity contribution is 0.440. The summed E-state index contributed by atoms with van der Waals surface area (Å²) in [6.45, 7) is 8.45. The molecule has 1 rings (SSSR count). The van der Waals surface area contributed by atoms with Crippen molar-refractivity contribution >= 4 is 11.8 Å². The second kappa shape index (κ2) is 7.93. The molecule has 0 radical (unpaired) electrons. The normalized spacial score (nSPS) is 18.8. The van der Waals surface area contributed by atoms with Crippen LogP contribution in [0.3, 0.4) is 0 Å². The number of hydrogen-bond donors (Lipinski definition) is 1. The van der Waals surface area contributed by atoms with Crippen LogP contribution in [-0.4, -0.2) is 23.6 Å². The van der Waals surface area contributed by atoms with Crippen LogP contribution >= 0.6 is 11.8 Å². The molecule has 12 heavy (non-hydrogen) atoms. The summed E-state index contributed by atoms with van der Waals surface area (Å²) in [7, 11) is 0. The van der Waals surface area contributed by atoms with Gasteiger partial charge in [0.15, 0.2) is 0 Å². The lowest BCUT2D eigenvalue weighted by Gasteiger charge is -2.24. The molecule has 74 valence electrons. The first-order valence-corrected chi connectivity index (χ1v) is 6.28. The topological polar surface area (TPSA) is 12.0 Å². The Morgan fingerprint density at radius 3 is 2.08 bits per heavy atom. The predicted octanol–water partition coefficient (Wildman–Crippen LogP) is 2.91. The van der Waals surface area contributed by atoms with E-state index in [9.17, 15) is 0 Å². The van der Waals surface area contributed by atoms with Crippen LogP contribution in [-0.2, 0) is 0 Å². The molecule has 1 aliphatic heterocycles. The number of thioether (sulfide) groups is 1. The molecule has 1 saturated heterocycles. The Morgan fingerprint density at radius 2 is 1.67 bits per heavy atom. The molecule has 0 aromatic carbocycles. The summed E-state index contributed by atoms with van der Waals surface area (Å²) in [5.74, 6) is 2.70. The van der Waals surface area contributed by atoms with Crippen molar-refractivity contribution in [3.8, 4) is 0 Å². The summed E-state index contributed by atoms with van der Waals surface area (Å²) in [6.07, 6.45) is 2.73. The minimum Gasteiger partial charge on any atom is -0.312 e. The second-order valence-corrected chi connectivity index (χ2v) is 4.43. The maximum Gasteiger partial charge on any atom is 0.00851 e. The Hall–Kier alpha value is 0.310. The first-order valence-electron chi connectivity index (χ1n) is 5.13. The van der Waals surface area contributed by atoms with Gasteiger partial charge in [0.1, 0.15) is 0 Å². The molecule has 1 aliphatic rings. The highest BCUT2D eigenvalue weighted by molar-refractivity contribution is 7.99. The van der Waals surface area contributed by atoms with E-state index in [1.807, 2.05) is 13.8 Å². The lowest BCUT2D eigenvalue weighted by atomic mass is 10.1. The van der Waals surface area contributed by atoms with Crippen molar-refractivity contribution in [2.75, 3.05) is 11.5 Å². The Bertz CT molecular complexity index is 87.8. The van der Waals surface area contributed by atoms with Crippen LogP contribution in [0, 0.1) is 0 Å². The van der Waals surface area contributed by atoms with E-state index in [0.717, 1.165) is 6.04 Å². The van der Waals surface area contributed by atoms with E-state index < -0.39 is 0 Å². The molecular formula is C10H23NS. The zero-order valence-electron chi connectivity index (χ0n) is 8.89. The zero-order chi connectivity index (χ0) is 9.40. The number of rotatable bonds is 2. The molecule has 0 atom stereocenters. The van der Waals surface area contributed by atoms with Gasteiger partial charge < -0.3 is 5.32 Å². The van der Waals surface area contributed by atoms with E-state index in [1.165, 1.54) is 24.3 Å². The molecule has 1 nitrogen and oxygen atoms in total. The third kappa shape index (κ3) is 5.90. The SMILES string of the molecule is CC.CC(C)NC1CCSCC1. The van der Waals surface area contributed by atoms with Crippen LogP contribution in [0.1, 0.15) is 40.5 Å². The maximum atomic E-state index is 3.57. The van der Waals surface area contributed by atoms with E-state index in [-0.39, 0.29) is 0 Å². The standard InChI is InChI=1S/C8H17NS.C2H6/c1-7(2)9-8-3-5-10-6-4-8;1-2/h7-9H,3-6H2,1-2H3;1-2H3. The van der Waals surface area contributed by atoms with E-state index in [0.29, 0.717) is 6.04 Å². The first kappa shape index (κ1) is 12.3. The van der Waals surface area contributed by atoms with Gasteiger partial charge in [0.2, 0.25) is 0 Å². The smallest absolute Gasteiger partial charge is 0.00851 e.